The van der Waals surface area contributed by atoms with Gasteiger partial charge in [-0.25, -0.2) is 0 Å². The summed E-state index contributed by atoms with van der Waals surface area (Å²) in [5.74, 6) is -1.02. The van der Waals surface area contributed by atoms with E-state index < -0.39 is 5.97 Å². The van der Waals surface area contributed by atoms with Gasteiger partial charge in [-0.1, -0.05) is 49.6 Å². The third-order valence-corrected chi connectivity index (χ3v) is 4.57. The third kappa shape index (κ3) is 7.25. The zero-order chi connectivity index (χ0) is 18.8. The summed E-state index contributed by atoms with van der Waals surface area (Å²) in [6, 6.07) is 9.61. The molecule has 26 heavy (non-hydrogen) atoms. The largest absolute Gasteiger partial charge is 0.456 e. The number of esters is 1. The van der Waals surface area contributed by atoms with Gasteiger partial charge < -0.3 is 15.4 Å². The fourth-order valence-electron chi connectivity index (χ4n) is 3.09. The van der Waals surface area contributed by atoms with Crippen molar-refractivity contribution in [3.05, 3.63) is 35.9 Å². The molecule has 0 bridgehead atoms. The minimum atomic E-state index is -0.536. The number of ether oxygens (including phenoxy) is 1. The molecule has 0 aromatic heterocycles. The lowest BCUT2D eigenvalue weighted by atomic mass is 9.95. The monoisotopic (exact) mass is 360 g/mol. The van der Waals surface area contributed by atoms with Gasteiger partial charge in [0.15, 0.2) is 6.61 Å². The Labute approximate surface area is 154 Å². The van der Waals surface area contributed by atoms with Gasteiger partial charge in [0.25, 0.3) is 5.91 Å². The summed E-state index contributed by atoms with van der Waals surface area (Å²) in [4.78, 5) is 35.4. The molecule has 0 spiro atoms. The number of hydrogen-bond donors (Lipinski definition) is 2. The zero-order valence-corrected chi connectivity index (χ0v) is 15.3. The summed E-state index contributed by atoms with van der Waals surface area (Å²) < 4.78 is 4.95. The second kappa shape index (κ2) is 10.6. The molecule has 2 amide bonds. The van der Waals surface area contributed by atoms with E-state index in [9.17, 15) is 14.4 Å². The van der Waals surface area contributed by atoms with E-state index in [1.807, 2.05) is 37.3 Å². The molecule has 2 N–H and O–H groups in total. The van der Waals surface area contributed by atoms with Crippen LogP contribution in [0.2, 0.25) is 0 Å². The smallest absolute Gasteiger partial charge is 0.306 e. The fraction of sp³-hybridized carbons (Fsp3) is 0.550. The Morgan fingerprint density at radius 2 is 1.73 bits per heavy atom. The number of nitrogens with one attached hydrogen (secondary N) is 2. The van der Waals surface area contributed by atoms with Crippen LogP contribution in [0, 0.1) is 0 Å². The molecule has 0 aliphatic heterocycles. The van der Waals surface area contributed by atoms with Gasteiger partial charge in [0.1, 0.15) is 0 Å². The topological polar surface area (TPSA) is 84.5 Å². The van der Waals surface area contributed by atoms with Crippen molar-refractivity contribution in [3.63, 3.8) is 0 Å². The highest BCUT2D eigenvalue weighted by atomic mass is 16.5. The van der Waals surface area contributed by atoms with Crippen LogP contribution >= 0.6 is 0 Å². The van der Waals surface area contributed by atoms with Gasteiger partial charge in [0.2, 0.25) is 5.91 Å². The van der Waals surface area contributed by atoms with Crippen molar-refractivity contribution in [2.45, 2.75) is 64.0 Å². The highest BCUT2D eigenvalue weighted by Crippen LogP contribution is 2.17. The maximum Gasteiger partial charge on any atom is 0.306 e. The number of hydrogen-bond acceptors (Lipinski definition) is 4. The zero-order valence-electron chi connectivity index (χ0n) is 15.3. The Kier molecular flexibility index (Phi) is 8.12. The average Bonchev–Trinajstić information content (AvgIpc) is 2.66. The normalized spacial score (nSPS) is 15.7. The van der Waals surface area contributed by atoms with Crippen molar-refractivity contribution in [1.29, 1.82) is 0 Å². The van der Waals surface area contributed by atoms with E-state index in [0.29, 0.717) is 0 Å². The molecule has 1 aromatic carbocycles. The Bertz CT molecular complexity index is 597. The van der Waals surface area contributed by atoms with Gasteiger partial charge in [-0.3, -0.25) is 14.4 Å². The first-order valence-corrected chi connectivity index (χ1v) is 9.34. The van der Waals surface area contributed by atoms with E-state index in [2.05, 4.69) is 10.6 Å². The predicted octanol–water partition coefficient (Wildman–Crippen LogP) is 2.64. The van der Waals surface area contributed by atoms with Crippen LogP contribution in [0.4, 0.5) is 0 Å². The quantitative estimate of drug-likeness (QED) is 0.698. The molecular formula is C20H28N2O4. The van der Waals surface area contributed by atoms with Crippen LogP contribution in [-0.2, 0) is 19.1 Å². The number of amides is 2. The van der Waals surface area contributed by atoms with E-state index in [1.54, 1.807) is 0 Å². The van der Waals surface area contributed by atoms with Crippen LogP contribution in [0.3, 0.4) is 0 Å². The van der Waals surface area contributed by atoms with Crippen LogP contribution in [0.5, 0.6) is 0 Å². The highest BCUT2D eigenvalue weighted by molar-refractivity contribution is 5.83. The summed E-state index contributed by atoms with van der Waals surface area (Å²) in [5.41, 5.74) is 0.978. The molecule has 0 heterocycles. The lowest BCUT2D eigenvalue weighted by Crippen LogP contribution is -2.36. The first-order valence-electron chi connectivity index (χ1n) is 9.34. The number of carbonyl (C=O) groups excluding carboxylic acids is 3. The Balaban J connectivity index is 1.60. The molecule has 0 radical (unpaired) electrons. The van der Waals surface area contributed by atoms with Gasteiger partial charge in [0, 0.05) is 12.5 Å². The molecule has 1 fully saturated rings. The molecule has 142 valence electrons. The van der Waals surface area contributed by atoms with Crippen molar-refractivity contribution in [2.75, 3.05) is 6.61 Å². The van der Waals surface area contributed by atoms with Gasteiger partial charge in [-0.05, 0) is 25.3 Å². The van der Waals surface area contributed by atoms with Gasteiger partial charge >= 0.3 is 5.97 Å². The van der Waals surface area contributed by atoms with Crippen LogP contribution in [0.15, 0.2) is 30.3 Å². The molecule has 0 saturated heterocycles. The molecule has 0 unspecified atom stereocenters. The lowest BCUT2D eigenvalue weighted by molar-refractivity contribution is -0.149. The fourth-order valence-corrected chi connectivity index (χ4v) is 3.09. The van der Waals surface area contributed by atoms with E-state index in [4.69, 9.17) is 4.74 Å². The molecule has 2 rings (SSSR count). The highest BCUT2D eigenvalue weighted by Gasteiger charge is 2.17. The molecule has 1 aliphatic rings. The molecule has 6 heteroatoms. The predicted molar refractivity (Wildman–Crippen MR) is 98.2 cm³/mol. The van der Waals surface area contributed by atoms with Crippen LogP contribution < -0.4 is 10.6 Å². The first-order chi connectivity index (χ1) is 12.5. The van der Waals surface area contributed by atoms with Crippen molar-refractivity contribution in [3.8, 4) is 0 Å². The Morgan fingerprint density at radius 3 is 2.42 bits per heavy atom. The van der Waals surface area contributed by atoms with Crippen molar-refractivity contribution >= 4 is 17.8 Å². The summed E-state index contributed by atoms with van der Waals surface area (Å²) >= 11 is 0. The van der Waals surface area contributed by atoms with Gasteiger partial charge in [-0.15, -0.1) is 0 Å². The lowest BCUT2D eigenvalue weighted by Gasteiger charge is -2.22. The molecule has 1 saturated carbocycles. The van der Waals surface area contributed by atoms with Gasteiger partial charge in [-0.2, -0.15) is 0 Å². The summed E-state index contributed by atoms with van der Waals surface area (Å²) in [5, 5.41) is 5.73. The second-order valence-corrected chi connectivity index (χ2v) is 6.76. The van der Waals surface area contributed by atoms with E-state index in [1.165, 1.54) is 6.42 Å². The minimum absolute atomic E-state index is 0.0138. The molecular weight excluding hydrogens is 332 g/mol. The summed E-state index contributed by atoms with van der Waals surface area (Å²) in [6.45, 7) is 1.53. The second-order valence-electron chi connectivity index (χ2n) is 6.76. The van der Waals surface area contributed by atoms with Gasteiger partial charge in [0.05, 0.1) is 12.5 Å². The Morgan fingerprint density at radius 1 is 1.04 bits per heavy atom. The summed E-state index contributed by atoms with van der Waals surface area (Å²) in [7, 11) is 0. The van der Waals surface area contributed by atoms with Crippen molar-refractivity contribution in [1.82, 2.24) is 10.6 Å². The standard InChI is InChI=1S/C20H28N2O4/c1-15(16-8-4-2-5-9-16)21-19(24)14-26-20(25)13-12-18(23)22-17-10-6-3-7-11-17/h2,4-5,8-9,15,17H,3,6-7,10-14H2,1H3,(H,21,24)(H,22,23)/t15-/m1/s1. The summed E-state index contributed by atoms with van der Waals surface area (Å²) in [6.07, 6.45) is 5.61. The minimum Gasteiger partial charge on any atom is -0.456 e. The number of benzene rings is 1. The van der Waals surface area contributed by atoms with Crippen molar-refractivity contribution < 1.29 is 19.1 Å². The SMILES string of the molecule is C[C@@H](NC(=O)COC(=O)CCC(=O)NC1CCCCC1)c1ccccc1. The average molecular weight is 360 g/mol. The maximum atomic E-state index is 11.9. The first kappa shape index (κ1) is 19.9. The molecule has 1 aromatic rings. The Hall–Kier alpha value is -2.37. The van der Waals surface area contributed by atoms with E-state index in [0.717, 1.165) is 31.2 Å². The van der Waals surface area contributed by atoms with E-state index >= 15 is 0 Å². The maximum absolute atomic E-state index is 11.9. The van der Waals surface area contributed by atoms with Crippen LogP contribution in [0.25, 0.3) is 0 Å². The van der Waals surface area contributed by atoms with E-state index in [-0.39, 0.29) is 43.3 Å². The molecule has 1 aliphatic carbocycles. The third-order valence-electron chi connectivity index (χ3n) is 4.57. The van der Waals surface area contributed by atoms with Crippen LogP contribution in [0.1, 0.15) is 63.5 Å². The van der Waals surface area contributed by atoms with Crippen LogP contribution in [-0.4, -0.2) is 30.4 Å². The number of carbonyl (C=O) groups is 3. The molecule has 1 atom stereocenters. The molecule has 6 nitrogen and oxygen atoms in total. The van der Waals surface area contributed by atoms with Crippen molar-refractivity contribution in [2.24, 2.45) is 0 Å². The number of rotatable bonds is 8.